The summed E-state index contributed by atoms with van der Waals surface area (Å²) in [4.78, 5) is 29.9. The van der Waals surface area contributed by atoms with Crippen molar-refractivity contribution in [3.8, 4) is 0 Å². The Labute approximate surface area is 147 Å². The molecule has 130 valence electrons. The van der Waals surface area contributed by atoms with Crippen LogP contribution in [0.1, 0.15) is 48.2 Å². The van der Waals surface area contributed by atoms with Gasteiger partial charge >= 0.3 is 0 Å². The molecule has 3 aliphatic rings. The molecule has 4 nitrogen and oxygen atoms in total. The first-order valence-corrected chi connectivity index (χ1v) is 10.2. The lowest BCUT2D eigenvalue weighted by molar-refractivity contribution is -0.132. The second kappa shape index (κ2) is 6.87. The average Bonchev–Trinajstić information content (AvgIpc) is 3.29. The molecule has 4 rings (SSSR count). The van der Waals surface area contributed by atoms with Gasteiger partial charge in [0.25, 0.3) is 5.91 Å². The Morgan fingerprint density at radius 1 is 1.08 bits per heavy atom. The zero-order chi connectivity index (χ0) is 16.5. The summed E-state index contributed by atoms with van der Waals surface area (Å²) in [5.74, 6) is 2.77. The van der Waals surface area contributed by atoms with Crippen LogP contribution >= 0.6 is 11.3 Å². The summed E-state index contributed by atoms with van der Waals surface area (Å²) in [7, 11) is 0. The van der Waals surface area contributed by atoms with Gasteiger partial charge in [0, 0.05) is 32.6 Å². The fraction of sp³-hybridized carbons (Fsp3) is 0.684. The molecule has 0 unspecified atom stereocenters. The summed E-state index contributed by atoms with van der Waals surface area (Å²) in [5.41, 5.74) is 0. The van der Waals surface area contributed by atoms with Gasteiger partial charge in [0.2, 0.25) is 5.91 Å². The molecule has 0 radical (unpaired) electrons. The number of nitrogens with zero attached hydrogens (tertiary/aromatic N) is 2. The molecule has 3 fully saturated rings. The molecular formula is C19H26N2O2S. The predicted octanol–water partition coefficient (Wildman–Crippen LogP) is 3.25. The number of carbonyl (C=O) groups excluding carboxylic acids is 2. The molecule has 2 aliphatic carbocycles. The summed E-state index contributed by atoms with van der Waals surface area (Å²) in [6.45, 7) is 2.92. The fourth-order valence-corrected chi connectivity index (χ4v) is 5.60. The zero-order valence-electron chi connectivity index (χ0n) is 14.2. The van der Waals surface area contributed by atoms with Crippen LogP contribution in [0.2, 0.25) is 0 Å². The van der Waals surface area contributed by atoms with Crippen molar-refractivity contribution >= 4 is 23.2 Å². The molecule has 1 aliphatic heterocycles. The van der Waals surface area contributed by atoms with Gasteiger partial charge in [-0.25, -0.2) is 0 Å². The van der Waals surface area contributed by atoms with E-state index in [1.807, 2.05) is 27.3 Å². The van der Waals surface area contributed by atoms with Crippen LogP contribution in [0.3, 0.4) is 0 Å². The Morgan fingerprint density at radius 2 is 1.92 bits per heavy atom. The van der Waals surface area contributed by atoms with Crippen LogP contribution in [0.5, 0.6) is 0 Å². The number of rotatable bonds is 3. The zero-order valence-corrected chi connectivity index (χ0v) is 15.0. The number of hydrogen-bond donors (Lipinski definition) is 0. The van der Waals surface area contributed by atoms with Gasteiger partial charge in [-0.1, -0.05) is 12.5 Å². The van der Waals surface area contributed by atoms with E-state index in [4.69, 9.17) is 0 Å². The fourth-order valence-electron chi connectivity index (χ4n) is 4.91. The third-order valence-corrected chi connectivity index (χ3v) is 7.05. The number of thiophene rings is 1. The van der Waals surface area contributed by atoms with E-state index < -0.39 is 0 Å². The molecule has 0 aromatic carbocycles. The van der Waals surface area contributed by atoms with E-state index in [0.717, 1.165) is 42.6 Å². The van der Waals surface area contributed by atoms with Gasteiger partial charge in [0.05, 0.1) is 4.88 Å². The highest BCUT2D eigenvalue weighted by Crippen LogP contribution is 2.49. The maximum atomic E-state index is 12.7. The van der Waals surface area contributed by atoms with Crippen molar-refractivity contribution in [1.29, 1.82) is 0 Å². The Balaban J connectivity index is 1.31. The van der Waals surface area contributed by atoms with E-state index in [1.54, 1.807) is 0 Å². The first-order valence-electron chi connectivity index (χ1n) is 9.31. The molecule has 1 aromatic rings. The molecule has 1 aromatic heterocycles. The van der Waals surface area contributed by atoms with E-state index in [0.29, 0.717) is 24.9 Å². The summed E-state index contributed by atoms with van der Waals surface area (Å²) < 4.78 is 0. The molecule has 3 atom stereocenters. The second-order valence-electron chi connectivity index (χ2n) is 7.64. The maximum Gasteiger partial charge on any atom is 0.263 e. The predicted molar refractivity (Wildman–Crippen MR) is 95.0 cm³/mol. The van der Waals surface area contributed by atoms with Crippen molar-refractivity contribution in [3.05, 3.63) is 22.4 Å². The largest absolute Gasteiger partial charge is 0.341 e. The van der Waals surface area contributed by atoms with Gasteiger partial charge in [-0.3, -0.25) is 9.59 Å². The minimum absolute atomic E-state index is 0.118. The van der Waals surface area contributed by atoms with Crippen LogP contribution in [0.4, 0.5) is 0 Å². The standard InChI is InChI=1S/C19H26N2O2S/c22-18(13-16-12-14-4-5-15(16)11-14)20-6-2-7-21(9-8-20)19(23)17-3-1-10-24-17/h1,3,10,14-16H,2,4-9,11-13H2/t14-,15-,16+/m0/s1. The summed E-state index contributed by atoms with van der Waals surface area (Å²) >= 11 is 1.49. The number of amides is 2. The third kappa shape index (κ3) is 3.23. The molecular weight excluding hydrogens is 320 g/mol. The highest BCUT2D eigenvalue weighted by atomic mass is 32.1. The monoisotopic (exact) mass is 346 g/mol. The van der Waals surface area contributed by atoms with Crippen LogP contribution in [0.25, 0.3) is 0 Å². The number of carbonyl (C=O) groups is 2. The smallest absolute Gasteiger partial charge is 0.263 e. The normalized spacial score (nSPS) is 29.8. The minimum Gasteiger partial charge on any atom is -0.341 e. The first kappa shape index (κ1) is 16.1. The van der Waals surface area contributed by atoms with Crippen molar-refractivity contribution in [2.45, 2.75) is 38.5 Å². The van der Waals surface area contributed by atoms with Gasteiger partial charge in [-0.05, 0) is 54.9 Å². The minimum atomic E-state index is 0.118. The van der Waals surface area contributed by atoms with Gasteiger partial charge in [-0.2, -0.15) is 0 Å². The SMILES string of the molecule is O=C(C[C@H]1C[C@H]2CC[C@H]1C2)N1CCCN(C(=O)c2cccs2)CC1. The van der Waals surface area contributed by atoms with Crippen LogP contribution in [-0.4, -0.2) is 47.8 Å². The van der Waals surface area contributed by atoms with Crippen LogP contribution in [0.15, 0.2) is 17.5 Å². The average molecular weight is 346 g/mol. The van der Waals surface area contributed by atoms with Crippen molar-refractivity contribution in [2.24, 2.45) is 17.8 Å². The molecule has 2 amide bonds. The van der Waals surface area contributed by atoms with Crippen molar-refractivity contribution in [1.82, 2.24) is 9.80 Å². The Bertz CT molecular complexity index is 601. The summed E-state index contributed by atoms with van der Waals surface area (Å²) in [5, 5.41) is 1.94. The lowest BCUT2D eigenvalue weighted by Gasteiger charge is -2.26. The van der Waals surface area contributed by atoms with E-state index >= 15 is 0 Å². The van der Waals surface area contributed by atoms with Crippen molar-refractivity contribution in [2.75, 3.05) is 26.2 Å². The molecule has 5 heteroatoms. The van der Waals surface area contributed by atoms with E-state index in [2.05, 4.69) is 0 Å². The highest BCUT2D eigenvalue weighted by Gasteiger charge is 2.40. The maximum absolute atomic E-state index is 12.7. The van der Waals surface area contributed by atoms with E-state index in [-0.39, 0.29) is 5.91 Å². The Morgan fingerprint density at radius 3 is 2.62 bits per heavy atom. The Hall–Kier alpha value is -1.36. The molecule has 2 saturated carbocycles. The molecule has 24 heavy (non-hydrogen) atoms. The van der Waals surface area contributed by atoms with Crippen LogP contribution < -0.4 is 0 Å². The van der Waals surface area contributed by atoms with Crippen LogP contribution in [-0.2, 0) is 4.79 Å². The second-order valence-corrected chi connectivity index (χ2v) is 8.59. The quantitative estimate of drug-likeness (QED) is 0.843. The highest BCUT2D eigenvalue weighted by molar-refractivity contribution is 7.12. The molecule has 0 spiro atoms. The van der Waals surface area contributed by atoms with Crippen LogP contribution in [0, 0.1) is 17.8 Å². The molecule has 0 N–H and O–H groups in total. The van der Waals surface area contributed by atoms with E-state index in [9.17, 15) is 9.59 Å². The lowest BCUT2D eigenvalue weighted by atomic mass is 9.86. The topological polar surface area (TPSA) is 40.6 Å². The van der Waals surface area contributed by atoms with Crippen molar-refractivity contribution in [3.63, 3.8) is 0 Å². The van der Waals surface area contributed by atoms with Crippen molar-refractivity contribution < 1.29 is 9.59 Å². The van der Waals surface area contributed by atoms with Gasteiger partial charge < -0.3 is 9.80 Å². The number of fused-ring (bicyclic) bond motifs is 2. The third-order valence-electron chi connectivity index (χ3n) is 6.19. The molecule has 1 saturated heterocycles. The first-order chi connectivity index (χ1) is 11.7. The van der Waals surface area contributed by atoms with E-state index in [1.165, 1.54) is 37.0 Å². The molecule has 2 heterocycles. The summed E-state index contributed by atoms with van der Waals surface area (Å²) in [6.07, 6.45) is 6.98. The van der Waals surface area contributed by atoms with Gasteiger partial charge in [0.15, 0.2) is 0 Å². The Kier molecular flexibility index (Phi) is 4.61. The summed E-state index contributed by atoms with van der Waals surface area (Å²) in [6, 6.07) is 3.80. The molecule has 2 bridgehead atoms. The lowest BCUT2D eigenvalue weighted by Crippen LogP contribution is -2.38. The van der Waals surface area contributed by atoms with Gasteiger partial charge in [0.1, 0.15) is 0 Å². The number of hydrogen-bond acceptors (Lipinski definition) is 3. The van der Waals surface area contributed by atoms with Gasteiger partial charge in [-0.15, -0.1) is 11.3 Å².